The Labute approximate surface area is 286 Å². The Morgan fingerprint density at radius 3 is 1.33 bits per heavy atom. The number of hydrogen-bond acceptors (Lipinski definition) is 6. The van der Waals surface area contributed by atoms with Crippen LogP contribution in [0.25, 0.3) is 0 Å². The number of ether oxygens (including phenoxy) is 1. The first-order valence-corrected chi connectivity index (χ1v) is 19.3. The molecule has 1 aliphatic carbocycles. The molecule has 0 bridgehead atoms. The van der Waals surface area contributed by atoms with Crippen molar-refractivity contribution in [2.45, 2.75) is 153 Å². The molecule has 1 atom stereocenters. The van der Waals surface area contributed by atoms with Gasteiger partial charge in [-0.1, -0.05) is 89.5 Å². The van der Waals surface area contributed by atoms with E-state index in [0.29, 0.717) is 6.04 Å². The first-order valence-electron chi connectivity index (χ1n) is 19.3. The molecule has 0 amide bonds. The summed E-state index contributed by atoms with van der Waals surface area (Å²) >= 11 is 0. The minimum atomic E-state index is 0.633. The van der Waals surface area contributed by atoms with Gasteiger partial charge in [-0.25, -0.2) is 0 Å². The summed E-state index contributed by atoms with van der Waals surface area (Å²) in [5, 5.41) is 7.04. The Kier molecular flexibility index (Phi) is 38.3. The maximum Gasteiger partial charge on any atom is 0.0620 e. The van der Waals surface area contributed by atoms with Gasteiger partial charge in [0.1, 0.15) is 0 Å². The average Bonchev–Trinajstić information content (AvgIpc) is 3.44. The van der Waals surface area contributed by atoms with Gasteiger partial charge in [-0.05, 0) is 141 Å². The van der Waals surface area contributed by atoms with Crippen molar-refractivity contribution in [1.82, 2.24) is 20.4 Å². The van der Waals surface area contributed by atoms with Crippen molar-refractivity contribution in [3.05, 3.63) is 0 Å². The van der Waals surface area contributed by atoms with Gasteiger partial charge >= 0.3 is 0 Å². The first-order chi connectivity index (χ1) is 21.2. The van der Waals surface area contributed by atoms with Crippen LogP contribution in [0.15, 0.2) is 0 Å². The largest absolute Gasteiger partial charge is 0.380 e. The smallest absolute Gasteiger partial charge is 0.0620 e. The van der Waals surface area contributed by atoms with E-state index in [9.17, 15) is 0 Å². The van der Waals surface area contributed by atoms with Crippen LogP contribution in [-0.2, 0) is 4.74 Å². The van der Waals surface area contributed by atoms with Gasteiger partial charge in [-0.2, -0.15) is 0 Å². The molecule has 1 heterocycles. The SMILES string of the molecule is CC(C)CCN.CC(C)CCN(C)C.CC(C)CCNC1CCC1.CC(C)CCNC1CCOC1.CCN(CC)CCC(C)C. The summed E-state index contributed by atoms with van der Waals surface area (Å²) in [6.45, 7) is 36.9. The standard InChI is InChI=1S/C9H19NO.C9H19N.C9H21N.C7H17N.C5H13N/c1-8(2)3-5-10-9-4-6-11-7-9;1-8(2)6-7-10-9-4-3-5-9;1-5-10(6-2)8-7-9(3)4;1-7(2)5-6-8(3)4;1-5(2)3-4-6/h8-10H,3-7H2,1-2H3;8-10H,3-7H2,1-2H3;9H,5-8H2,1-4H3;7H,5-6H2,1-4H3;5H,3-4,6H2,1-2H3. The third-order valence-corrected chi connectivity index (χ3v) is 8.16. The highest BCUT2D eigenvalue weighted by Crippen LogP contribution is 2.18. The molecule has 0 radical (unpaired) electrons. The van der Waals surface area contributed by atoms with Crippen LogP contribution in [0, 0.1) is 29.6 Å². The zero-order chi connectivity index (χ0) is 35.0. The zero-order valence-electron chi connectivity index (χ0n) is 33.6. The molecule has 0 aromatic heterocycles. The molecule has 2 aliphatic rings. The zero-order valence-corrected chi connectivity index (χ0v) is 33.6. The molecule has 1 aliphatic heterocycles. The summed E-state index contributed by atoms with van der Waals surface area (Å²) < 4.78 is 5.25. The molecule has 0 aromatic carbocycles. The van der Waals surface area contributed by atoms with Gasteiger partial charge in [0, 0.05) is 18.7 Å². The summed E-state index contributed by atoms with van der Waals surface area (Å²) in [7, 11) is 4.23. The van der Waals surface area contributed by atoms with Gasteiger partial charge in [0.25, 0.3) is 0 Å². The number of rotatable bonds is 18. The topological polar surface area (TPSA) is 65.8 Å². The molecule has 276 valence electrons. The van der Waals surface area contributed by atoms with Gasteiger partial charge in [0.2, 0.25) is 0 Å². The van der Waals surface area contributed by atoms with Gasteiger partial charge in [-0.15, -0.1) is 0 Å². The Morgan fingerprint density at radius 1 is 0.622 bits per heavy atom. The fourth-order valence-corrected chi connectivity index (χ4v) is 4.29. The van der Waals surface area contributed by atoms with Crippen LogP contribution in [0.2, 0.25) is 0 Å². The van der Waals surface area contributed by atoms with Crippen LogP contribution in [0.5, 0.6) is 0 Å². The van der Waals surface area contributed by atoms with Crippen LogP contribution < -0.4 is 16.4 Å². The second-order valence-corrected chi connectivity index (χ2v) is 15.6. The van der Waals surface area contributed by atoms with E-state index in [1.807, 2.05) is 0 Å². The van der Waals surface area contributed by atoms with E-state index in [1.165, 1.54) is 84.1 Å². The second kappa shape index (κ2) is 35.1. The lowest BCUT2D eigenvalue weighted by Crippen LogP contribution is -2.35. The molecular formula is C39H89N5O. The van der Waals surface area contributed by atoms with Gasteiger partial charge < -0.3 is 30.9 Å². The highest BCUT2D eigenvalue weighted by molar-refractivity contribution is 4.76. The predicted molar refractivity (Wildman–Crippen MR) is 206 cm³/mol. The molecule has 1 saturated carbocycles. The van der Waals surface area contributed by atoms with Crippen molar-refractivity contribution in [3.63, 3.8) is 0 Å². The molecule has 0 aromatic rings. The van der Waals surface area contributed by atoms with E-state index >= 15 is 0 Å². The number of nitrogens with two attached hydrogens (primary N) is 1. The third kappa shape index (κ3) is 43.8. The van der Waals surface area contributed by atoms with E-state index in [2.05, 4.69) is 118 Å². The van der Waals surface area contributed by atoms with Crippen LogP contribution in [0.1, 0.15) is 141 Å². The van der Waals surface area contributed by atoms with E-state index in [4.69, 9.17) is 10.5 Å². The molecule has 6 nitrogen and oxygen atoms in total. The molecule has 2 fully saturated rings. The Balaban J connectivity index is -0.000000497. The summed E-state index contributed by atoms with van der Waals surface area (Å²) in [4.78, 5) is 4.69. The second-order valence-electron chi connectivity index (χ2n) is 15.6. The lowest BCUT2D eigenvalue weighted by Gasteiger charge is -2.26. The molecule has 45 heavy (non-hydrogen) atoms. The number of hydrogen-bond donors (Lipinski definition) is 3. The minimum absolute atomic E-state index is 0.633. The lowest BCUT2D eigenvalue weighted by atomic mass is 9.93. The Morgan fingerprint density at radius 2 is 1.07 bits per heavy atom. The van der Waals surface area contributed by atoms with Crippen molar-refractivity contribution < 1.29 is 4.74 Å². The fraction of sp³-hybridized carbons (Fsp3) is 1.00. The summed E-state index contributed by atoms with van der Waals surface area (Å²) in [5.41, 5.74) is 5.23. The minimum Gasteiger partial charge on any atom is -0.380 e. The molecule has 1 saturated heterocycles. The molecule has 2 rings (SSSR count). The number of nitrogens with zero attached hydrogens (tertiary/aromatic N) is 2. The summed E-state index contributed by atoms with van der Waals surface area (Å²) in [6.07, 6.45) is 11.9. The van der Waals surface area contributed by atoms with Crippen LogP contribution >= 0.6 is 0 Å². The summed E-state index contributed by atoms with van der Waals surface area (Å²) in [5.74, 6) is 4.13. The summed E-state index contributed by atoms with van der Waals surface area (Å²) in [6, 6.07) is 1.51. The van der Waals surface area contributed by atoms with Crippen LogP contribution in [0.3, 0.4) is 0 Å². The molecular weight excluding hydrogens is 554 g/mol. The van der Waals surface area contributed by atoms with Gasteiger partial charge in [0.05, 0.1) is 6.61 Å². The van der Waals surface area contributed by atoms with Gasteiger partial charge in [0.15, 0.2) is 0 Å². The van der Waals surface area contributed by atoms with E-state index in [0.717, 1.165) is 68.4 Å². The maximum atomic E-state index is 5.25. The molecule has 6 heteroatoms. The maximum absolute atomic E-state index is 5.25. The Hall–Kier alpha value is -0.240. The average molecular weight is 644 g/mol. The number of nitrogens with one attached hydrogen (secondary N) is 2. The van der Waals surface area contributed by atoms with Crippen molar-refractivity contribution in [2.75, 3.05) is 73.1 Å². The van der Waals surface area contributed by atoms with Crippen molar-refractivity contribution in [1.29, 1.82) is 0 Å². The normalized spacial score (nSPS) is 16.3. The molecule has 0 spiro atoms. The van der Waals surface area contributed by atoms with E-state index in [1.54, 1.807) is 0 Å². The fourth-order valence-electron chi connectivity index (χ4n) is 4.29. The predicted octanol–water partition coefficient (Wildman–Crippen LogP) is 8.55. The molecule has 1 unspecified atom stereocenters. The first kappa shape index (κ1) is 49.2. The van der Waals surface area contributed by atoms with Crippen molar-refractivity contribution >= 4 is 0 Å². The highest BCUT2D eigenvalue weighted by atomic mass is 16.5. The van der Waals surface area contributed by atoms with Crippen molar-refractivity contribution in [2.24, 2.45) is 35.3 Å². The van der Waals surface area contributed by atoms with Crippen LogP contribution in [0.4, 0.5) is 0 Å². The lowest BCUT2D eigenvalue weighted by molar-refractivity contribution is 0.189. The van der Waals surface area contributed by atoms with E-state index < -0.39 is 0 Å². The van der Waals surface area contributed by atoms with Crippen LogP contribution in [-0.4, -0.2) is 95.0 Å². The third-order valence-electron chi connectivity index (χ3n) is 8.16. The molecule has 4 N–H and O–H groups in total. The van der Waals surface area contributed by atoms with Gasteiger partial charge in [-0.3, -0.25) is 0 Å². The monoisotopic (exact) mass is 644 g/mol. The Bertz CT molecular complexity index is 532. The highest BCUT2D eigenvalue weighted by Gasteiger charge is 2.15. The van der Waals surface area contributed by atoms with E-state index in [-0.39, 0.29) is 0 Å². The van der Waals surface area contributed by atoms with Crippen molar-refractivity contribution in [3.8, 4) is 0 Å². The quantitative estimate of drug-likeness (QED) is 0.139.